The fraction of sp³-hybridized carbons (Fsp3) is 0.120. The van der Waals surface area contributed by atoms with E-state index >= 15 is 0 Å². The van der Waals surface area contributed by atoms with E-state index in [9.17, 15) is 4.79 Å². The van der Waals surface area contributed by atoms with Crippen LogP contribution in [-0.2, 0) is 13.1 Å². The van der Waals surface area contributed by atoms with Crippen LogP contribution < -0.4 is 9.47 Å². The summed E-state index contributed by atoms with van der Waals surface area (Å²) in [4.78, 5) is 15.6. The number of hydrogen-bond acceptors (Lipinski definition) is 4. The number of hydrogen-bond donors (Lipinski definition) is 0. The lowest BCUT2D eigenvalue weighted by Crippen LogP contribution is -2.31. The lowest BCUT2D eigenvalue weighted by molar-refractivity contribution is 0.0729. The predicted molar refractivity (Wildman–Crippen MR) is 116 cm³/mol. The number of nitrogens with zero attached hydrogens (tertiary/aromatic N) is 3. The first-order valence-electron chi connectivity index (χ1n) is 10.1. The Morgan fingerprint density at radius 3 is 2.48 bits per heavy atom. The first-order chi connectivity index (χ1) is 15.3. The van der Waals surface area contributed by atoms with Crippen molar-refractivity contribution in [3.63, 3.8) is 0 Å². The molecule has 0 saturated carbocycles. The van der Waals surface area contributed by atoms with Crippen LogP contribution in [0.15, 0.2) is 91.3 Å². The Balaban J connectivity index is 1.49. The second-order valence-electron chi connectivity index (χ2n) is 7.30. The minimum Gasteiger partial charge on any atom is -0.454 e. The second-order valence-corrected chi connectivity index (χ2v) is 7.30. The molecule has 0 saturated heterocycles. The van der Waals surface area contributed by atoms with Gasteiger partial charge in [0.2, 0.25) is 6.79 Å². The molecule has 6 nitrogen and oxygen atoms in total. The van der Waals surface area contributed by atoms with Crippen molar-refractivity contribution in [1.82, 2.24) is 14.7 Å². The van der Waals surface area contributed by atoms with Crippen molar-refractivity contribution in [3.8, 4) is 17.2 Å². The van der Waals surface area contributed by atoms with Crippen LogP contribution in [0.4, 0.5) is 0 Å². The maximum atomic E-state index is 13.7. The highest BCUT2D eigenvalue weighted by Crippen LogP contribution is 2.33. The molecule has 31 heavy (non-hydrogen) atoms. The van der Waals surface area contributed by atoms with Gasteiger partial charge in [-0.05, 0) is 41.5 Å². The van der Waals surface area contributed by atoms with Gasteiger partial charge in [-0.3, -0.25) is 4.79 Å². The molecular weight excluding hydrogens is 390 g/mol. The van der Waals surface area contributed by atoms with E-state index in [1.54, 1.807) is 10.9 Å². The normalized spacial score (nSPS) is 12.0. The summed E-state index contributed by atoms with van der Waals surface area (Å²) in [5, 5.41) is 4.31. The number of carbonyl (C=O) groups is 1. The molecule has 1 aromatic heterocycles. The minimum atomic E-state index is -0.0624. The van der Waals surface area contributed by atoms with Crippen LogP contribution in [0.25, 0.3) is 5.69 Å². The van der Waals surface area contributed by atoms with E-state index in [1.165, 1.54) is 0 Å². The molecule has 0 unspecified atom stereocenters. The van der Waals surface area contributed by atoms with Crippen LogP contribution in [-0.4, -0.2) is 27.4 Å². The highest BCUT2D eigenvalue weighted by Gasteiger charge is 2.22. The molecule has 3 aromatic carbocycles. The van der Waals surface area contributed by atoms with Gasteiger partial charge in [-0.15, -0.1) is 0 Å². The zero-order valence-electron chi connectivity index (χ0n) is 16.8. The maximum absolute atomic E-state index is 13.7. The third-order valence-corrected chi connectivity index (χ3v) is 5.20. The van der Waals surface area contributed by atoms with Gasteiger partial charge in [-0.25, -0.2) is 4.68 Å². The van der Waals surface area contributed by atoms with Crippen LogP contribution in [0, 0.1) is 0 Å². The van der Waals surface area contributed by atoms with E-state index in [1.807, 2.05) is 90.0 Å². The molecule has 154 valence electrons. The summed E-state index contributed by atoms with van der Waals surface area (Å²) in [6.45, 7) is 1.15. The zero-order chi connectivity index (χ0) is 21.0. The van der Waals surface area contributed by atoms with Crippen molar-refractivity contribution in [2.75, 3.05) is 6.79 Å². The molecule has 0 fully saturated rings. The van der Waals surface area contributed by atoms with E-state index in [4.69, 9.17) is 9.47 Å². The summed E-state index contributed by atoms with van der Waals surface area (Å²) in [6.07, 6.45) is 3.54. The van der Waals surface area contributed by atoms with Gasteiger partial charge in [-0.1, -0.05) is 48.5 Å². The van der Waals surface area contributed by atoms with Gasteiger partial charge in [0.25, 0.3) is 5.91 Å². The average molecular weight is 411 g/mol. The second kappa shape index (κ2) is 8.36. The van der Waals surface area contributed by atoms with Crippen LogP contribution in [0.3, 0.4) is 0 Å². The number of benzene rings is 3. The summed E-state index contributed by atoms with van der Waals surface area (Å²) in [5.74, 6) is 1.38. The van der Waals surface area contributed by atoms with Gasteiger partial charge >= 0.3 is 0 Å². The van der Waals surface area contributed by atoms with Gasteiger partial charge in [0.1, 0.15) is 0 Å². The fourth-order valence-electron chi connectivity index (χ4n) is 3.70. The minimum absolute atomic E-state index is 0.0624. The molecule has 0 spiro atoms. The van der Waals surface area contributed by atoms with E-state index in [0.29, 0.717) is 24.4 Å². The van der Waals surface area contributed by atoms with Crippen LogP contribution >= 0.6 is 0 Å². The third kappa shape index (κ3) is 4.00. The molecule has 6 heteroatoms. The Kier molecular flexibility index (Phi) is 5.10. The molecule has 5 rings (SSSR count). The quantitative estimate of drug-likeness (QED) is 0.471. The highest BCUT2D eigenvalue weighted by molar-refractivity contribution is 5.97. The van der Waals surface area contributed by atoms with Crippen molar-refractivity contribution in [2.24, 2.45) is 0 Å². The molecule has 4 aromatic rings. The van der Waals surface area contributed by atoms with E-state index in [2.05, 4.69) is 5.10 Å². The summed E-state index contributed by atoms with van der Waals surface area (Å²) < 4.78 is 12.6. The predicted octanol–water partition coefficient (Wildman–Crippen LogP) is 4.44. The van der Waals surface area contributed by atoms with Crippen LogP contribution in [0.1, 0.15) is 21.5 Å². The largest absolute Gasteiger partial charge is 0.454 e. The van der Waals surface area contributed by atoms with Crippen molar-refractivity contribution in [1.29, 1.82) is 0 Å². The van der Waals surface area contributed by atoms with Crippen molar-refractivity contribution in [3.05, 3.63) is 108 Å². The van der Waals surface area contributed by atoms with E-state index in [-0.39, 0.29) is 12.7 Å². The topological polar surface area (TPSA) is 56.6 Å². The third-order valence-electron chi connectivity index (χ3n) is 5.20. The number of aromatic nitrogens is 2. The first kappa shape index (κ1) is 18.9. The van der Waals surface area contributed by atoms with Gasteiger partial charge in [0.05, 0.1) is 11.3 Å². The Morgan fingerprint density at radius 1 is 0.871 bits per heavy atom. The van der Waals surface area contributed by atoms with Crippen LogP contribution in [0.2, 0.25) is 0 Å². The summed E-state index contributed by atoms with van der Waals surface area (Å²) in [7, 11) is 0. The highest BCUT2D eigenvalue weighted by atomic mass is 16.7. The molecule has 1 aliphatic rings. The number of amides is 1. The van der Waals surface area contributed by atoms with Gasteiger partial charge < -0.3 is 14.4 Å². The summed E-state index contributed by atoms with van der Waals surface area (Å²) in [6, 6.07) is 25.2. The molecule has 0 N–H and O–H groups in total. The van der Waals surface area contributed by atoms with Gasteiger partial charge in [-0.2, -0.15) is 5.10 Å². The lowest BCUT2D eigenvalue weighted by atomic mass is 10.1. The number of fused-ring (bicyclic) bond motifs is 1. The van der Waals surface area contributed by atoms with Crippen molar-refractivity contribution < 1.29 is 14.3 Å². The molecule has 0 bridgehead atoms. The summed E-state index contributed by atoms with van der Waals surface area (Å²) in [5.41, 5.74) is 3.39. The smallest absolute Gasteiger partial charge is 0.256 e. The first-order valence-corrected chi connectivity index (χ1v) is 10.1. The van der Waals surface area contributed by atoms with Gasteiger partial charge in [0, 0.05) is 25.5 Å². The standard InChI is InChI=1S/C25H21N3O3/c29-25(21-9-4-5-10-22(21)28-14-6-13-26-28)27(16-19-7-2-1-3-8-19)17-20-11-12-23-24(15-20)31-18-30-23/h1-15H,16-18H2. The number of carbonyl (C=O) groups excluding carboxylic acids is 1. The molecule has 0 atom stereocenters. The number of rotatable bonds is 6. The maximum Gasteiger partial charge on any atom is 0.256 e. The Morgan fingerprint density at radius 2 is 1.65 bits per heavy atom. The van der Waals surface area contributed by atoms with E-state index in [0.717, 1.165) is 22.6 Å². The monoisotopic (exact) mass is 411 g/mol. The Bertz CT molecular complexity index is 1190. The zero-order valence-corrected chi connectivity index (χ0v) is 16.8. The molecule has 1 amide bonds. The van der Waals surface area contributed by atoms with Crippen molar-refractivity contribution in [2.45, 2.75) is 13.1 Å². The summed E-state index contributed by atoms with van der Waals surface area (Å²) >= 11 is 0. The molecule has 2 heterocycles. The molecule has 1 aliphatic heterocycles. The Hall–Kier alpha value is -4.06. The van der Waals surface area contributed by atoms with Crippen LogP contribution in [0.5, 0.6) is 11.5 Å². The fourth-order valence-corrected chi connectivity index (χ4v) is 3.70. The molecule has 0 aliphatic carbocycles. The SMILES string of the molecule is O=C(c1ccccc1-n1cccn1)N(Cc1ccccc1)Cc1ccc2c(c1)OCO2. The van der Waals surface area contributed by atoms with Gasteiger partial charge in [0.15, 0.2) is 11.5 Å². The molecule has 0 radical (unpaired) electrons. The van der Waals surface area contributed by atoms with Crippen molar-refractivity contribution >= 4 is 5.91 Å². The molecular formula is C25H21N3O3. The average Bonchev–Trinajstić information content (AvgIpc) is 3.51. The number of para-hydroxylation sites is 1. The lowest BCUT2D eigenvalue weighted by Gasteiger charge is -2.24. The Labute approximate surface area is 180 Å². The van der Waals surface area contributed by atoms with E-state index < -0.39 is 0 Å². The number of ether oxygens (including phenoxy) is 2.